The maximum Gasteiger partial charge on any atom is 0.128 e. The second-order valence-corrected chi connectivity index (χ2v) is 6.64. The summed E-state index contributed by atoms with van der Waals surface area (Å²) >= 11 is 6.37. The van der Waals surface area contributed by atoms with Crippen molar-refractivity contribution in [2.24, 2.45) is 0 Å². The number of nitrogens with one attached hydrogen (secondary N) is 1. The van der Waals surface area contributed by atoms with Crippen LogP contribution in [-0.2, 0) is 0 Å². The monoisotopic (exact) mass is 378 g/mol. The molecule has 27 heavy (non-hydrogen) atoms. The van der Waals surface area contributed by atoms with Gasteiger partial charge in [0.15, 0.2) is 0 Å². The number of para-hydroxylation sites is 1. The zero-order valence-corrected chi connectivity index (χ0v) is 15.3. The average Bonchev–Trinajstić information content (AvgIpc) is 2.71. The zero-order chi connectivity index (χ0) is 18.8. The van der Waals surface area contributed by atoms with Crippen molar-refractivity contribution in [3.8, 4) is 11.1 Å². The quantitative estimate of drug-likeness (QED) is 0.498. The van der Waals surface area contributed by atoms with E-state index >= 15 is 0 Å². The summed E-state index contributed by atoms with van der Waals surface area (Å²) in [5, 5.41) is 12.4. The first-order chi connectivity index (χ1) is 13.1. The Bertz CT molecular complexity index is 1100. The molecule has 134 valence electrons. The van der Waals surface area contributed by atoms with E-state index < -0.39 is 0 Å². The molecule has 0 amide bonds. The molecule has 0 aliphatic heterocycles. The van der Waals surface area contributed by atoms with E-state index in [1.807, 2.05) is 43.3 Å². The van der Waals surface area contributed by atoms with Crippen LogP contribution in [-0.4, -0.2) is 15.2 Å². The van der Waals surface area contributed by atoms with Crippen molar-refractivity contribution in [3.05, 3.63) is 83.5 Å². The highest BCUT2D eigenvalue weighted by molar-refractivity contribution is 6.34. The minimum atomic E-state index is -0.303. The Balaban J connectivity index is 1.72. The maximum absolute atomic E-state index is 14.5. The highest BCUT2D eigenvalue weighted by Crippen LogP contribution is 2.34. The largest absolute Gasteiger partial charge is 0.377 e. The third kappa shape index (κ3) is 3.46. The summed E-state index contributed by atoms with van der Waals surface area (Å²) in [7, 11) is 0. The van der Waals surface area contributed by atoms with E-state index in [9.17, 15) is 4.39 Å². The molecule has 1 N–H and O–H groups in total. The minimum absolute atomic E-state index is 0.282. The van der Waals surface area contributed by atoms with Gasteiger partial charge >= 0.3 is 0 Å². The zero-order valence-electron chi connectivity index (χ0n) is 14.5. The summed E-state index contributed by atoms with van der Waals surface area (Å²) in [4.78, 5) is 4.33. The molecule has 0 radical (unpaired) electrons. The molecule has 2 aromatic heterocycles. The first-order valence-corrected chi connectivity index (χ1v) is 8.87. The van der Waals surface area contributed by atoms with Crippen LogP contribution in [0.25, 0.3) is 22.0 Å². The SMILES string of the molecule is C[C@@H](Nc1c(Cl)cnc2ccccc12)c1cc(-c2ccnnc2)ccc1F. The lowest BCUT2D eigenvalue weighted by molar-refractivity contribution is 0.600. The summed E-state index contributed by atoms with van der Waals surface area (Å²) in [6.45, 7) is 1.90. The smallest absolute Gasteiger partial charge is 0.128 e. The fourth-order valence-corrected chi connectivity index (χ4v) is 3.28. The van der Waals surface area contributed by atoms with Crippen molar-refractivity contribution in [2.45, 2.75) is 13.0 Å². The van der Waals surface area contributed by atoms with Gasteiger partial charge in [-0.1, -0.05) is 35.9 Å². The number of aromatic nitrogens is 3. The van der Waals surface area contributed by atoms with Crippen molar-refractivity contribution in [2.75, 3.05) is 5.32 Å². The predicted octanol–water partition coefficient (Wildman–Crippen LogP) is 5.66. The highest BCUT2D eigenvalue weighted by atomic mass is 35.5. The van der Waals surface area contributed by atoms with Gasteiger partial charge < -0.3 is 5.32 Å². The first-order valence-electron chi connectivity index (χ1n) is 8.50. The summed E-state index contributed by atoms with van der Waals surface area (Å²) in [5.74, 6) is -0.282. The third-order valence-electron chi connectivity index (χ3n) is 4.47. The molecule has 4 aromatic rings. The van der Waals surface area contributed by atoms with Gasteiger partial charge in [0.1, 0.15) is 5.82 Å². The van der Waals surface area contributed by atoms with Gasteiger partial charge in [-0.2, -0.15) is 10.2 Å². The third-order valence-corrected chi connectivity index (χ3v) is 4.76. The van der Waals surface area contributed by atoms with Crippen LogP contribution in [0.2, 0.25) is 5.02 Å². The first kappa shape index (κ1) is 17.4. The van der Waals surface area contributed by atoms with Gasteiger partial charge in [0.25, 0.3) is 0 Å². The second-order valence-electron chi connectivity index (χ2n) is 6.23. The number of anilines is 1. The number of rotatable bonds is 4. The number of fused-ring (bicyclic) bond motifs is 1. The number of halogens is 2. The van der Waals surface area contributed by atoms with E-state index in [1.54, 1.807) is 24.7 Å². The van der Waals surface area contributed by atoms with E-state index in [1.165, 1.54) is 6.07 Å². The lowest BCUT2D eigenvalue weighted by atomic mass is 10.0. The van der Waals surface area contributed by atoms with Crippen LogP contribution < -0.4 is 5.32 Å². The van der Waals surface area contributed by atoms with Gasteiger partial charge in [-0.3, -0.25) is 4.98 Å². The van der Waals surface area contributed by atoms with Crippen LogP contribution in [0, 0.1) is 5.82 Å². The Morgan fingerprint density at radius 3 is 2.67 bits per heavy atom. The molecular weight excluding hydrogens is 363 g/mol. The van der Waals surface area contributed by atoms with Crippen LogP contribution >= 0.6 is 11.6 Å². The van der Waals surface area contributed by atoms with Crippen molar-refractivity contribution in [1.82, 2.24) is 15.2 Å². The molecule has 4 rings (SSSR count). The van der Waals surface area contributed by atoms with Gasteiger partial charge in [0, 0.05) is 22.7 Å². The molecule has 0 fully saturated rings. The number of hydrogen-bond donors (Lipinski definition) is 1. The Morgan fingerprint density at radius 1 is 1.00 bits per heavy atom. The van der Waals surface area contributed by atoms with Gasteiger partial charge in [-0.05, 0) is 36.8 Å². The minimum Gasteiger partial charge on any atom is -0.377 e. The van der Waals surface area contributed by atoms with E-state index in [4.69, 9.17) is 11.6 Å². The molecule has 6 heteroatoms. The van der Waals surface area contributed by atoms with E-state index in [2.05, 4.69) is 20.5 Å². The number of pyridine rings is 1. The van der Waals surface area contributed by atoms with Gasteiger partial charge in [-0.25, -0.2) is 4.39 Å². The molecule has 0 spiro atoms. The molecule has 1 atom stereocenters. The van der Waals surface area contributed by atoms with Crippen LogP contribution in [0.4, 0.5) is 10.1 Å². The molecule has 0 unspecified atom stereocenters. The van der Waals surface area contributed by atoms with Crippen LogP contribution in [0.1, 0.15) is 18.5 Å². The van der Waals surface area contributed by atoms with Crippen molar-refractivity contribution < 1.29 is 4.39 Å². The fraction of sp³-hybridized carbons (Fsp3) is 0.0952. The molecule has 0 saturated carbocycles. The Morgan fingerprint density at radius 2 is 1.85 bits per heavy atom. The average molecular weight is 379 g/mol. The molecular formula is C21H16ClFN4. The molecule has 0 aliphatic carbocycles. The van der Waals surface area contributed by atoms with Gasteiger partial charge in [-0.15, -0.1) is 0 Å². The normalized spacial score (nSPS) is 12.1. The number of benzene rings is 2. The maximum atomic E-state index is 14.5. The molecule has 0 aliphatic rings. The summed E-state index contributed by atoms with van der Waals surface area (Å²) < 4.78 is 14.5. The lowest BCUT2D eigenvalue weighted by Crippen LogP contribution is -2.10. The van der Waals surface area contributed by atoms with Crippen LogP contribution in [0.3, 0.4) is 0 Å². The molecule has 0 bridgehead atoms. The molecule has 2 aromatic carbocycles. The molecule has 2 heterocycles. The van der Waals surface area contributed by atoms with E-state index in [-0.39, 0.29) is 11.9 Å². The van der Waals surface area contributed by atoms with E-state index in [0.717, 1.165) is 27.7 Å². The Labute approximate surface area is 161 Å². The topological polar surface area (TPSA) is 50.7 Å². The summed E-state index contributed by atoms with van der Waals surface area (Å²) in [6.07, 6.45) is 4.87. The highest BCUT2D eigenvalue weighted by Gasteiger charge is 2.16. The second kappa shape index (κ2) is 7.29. The van der Waals surface area contributed by atoms with Gasteiger partial charge in [0.05, 0.1) is 34.7 Å². The van der Waals surface area contributed by atoms with Crippen molar-refractivity contribution in [3.63, 3.8) is 0 Å². The van der Waals surface area contributed by atoms with Crippen molar-refractivity contribution >= 4 is 28.2 Å². The Kier molecular flexibility index (Phi) is 4.69. The van der Waals surface area contributed by atoms with Crippen molar-refractivity contribution in [1.29, 1.82) is 0 Å². The van der Waals surface area contributed by atoms with Crippen LogP contribution in [0.15, 0.2) is 67.1 Å². The number of hydrogen-bond acceptors (Lipinski definition) is 4. The fourth-order valence-electron chi connectivity index (χ4n) is 3.07. The Hall–Kier alpha value is -3.05. The predicted molar refractivity (Wildman–Crippen MR) is 106 cm³/mol. The standard InChI is InChI=1S/C21H16ClFN4/c1-13(27-21-16-4-2-3-5-20(16)24-12-18(21)22)17-10-14(6-7-19(17)23)15-8-9-25-26-11-15/h2-13H,1H3,(H,24,27)/t13-/m1/s1. The summed E-state index contributed by atoms with van der Waals surface area (Å²) in [6, 6.07) is 14.3. The molecule has 4 nitrogen and oxygen atoms in total. The molecule has 0 saturated heterocycles. The van der Waals surface area contributed by atoms with Gasteiger partial charge in [0.2, 0.25) is 0 Å². The summed E-state index contributed by atoms with van der Waals surface area (Å²) in [5.41, 5.74) is 3.87. The van der Waals surface area contributed by atoms with Crippen LogP contribution in [0.5, 0.6) is 0 Å². The number of nitrogens with zero attached hydrogens (tertiary/aromatic N) is 3. The lowest BCUT2D eigenvalue weighted by Gasteiger charge is -2.19. The van der Waals surface area contributed by atoms with E-state index in [0.29, 0.717) is 10.6 Å².